The Balaban J connectivity index is 1.70. The van der Waals surface area contributed by atoms with E-state index in [1.807, 2.05) is 12.1 Å². The maximum absolute atomic E-state index is 12.9. The molecule has 31 heavy (non-hydrogen) atoms. The molecule has 0 heterocycles. The molecule has 162 valence electrons. The van der Waals surface area contributed by atoms with Gasteiger partial charge in [-0.25, -0.2) is 0 Å². The Labute approximate surface area is 197 Å². The fourth-order valence-electron chi connectivity index (χ4n) is 2.82. The molecule has 0 aliphatic heterocycles. The smallest absolute Gasteiger partial charge is 0.263 e. The van der Waals surface area contributed by atoms with Crippen molar-refractivity contribution in [2.24, 2.45) is 0 Å². The van der Waals surface area contributed by atoms with Crippen LogP contribution < -0.4 is 14.8 Å². The molecule has 3 rings (SSSR count). The predicted molar refractivity (Wildman–Crippen MR) is 125 cm³/mol. The fourth-order valence-corrected chi connectivity index (χ4v) is 3.20. The molecule has 3 aromatic carbocycles. The maximum atomic E-state index is 12.9. The van der Waals surface area contributed by atoms with Crippen LogP contribution in [0.1, 0.15) is 25.5 Å². The zero-order valence-electron chi connectivity index (χ0n) is 17.1. The highest BCUT2D eigenvalue weighted by Gasteiger charge is 2.30. The number of nitrogens with one attached hydrogen (secondary N) is 1. The van der Waals surface area contributed by atoms with Gasteiger partial charge < -0.3 is 14.8 Å². The third-order valence-corrected chi connectivity index (χ3v) is 5.27. The summed E-state index contributed by atoms with van der Waals surface area (Å²) in [4.78, 5) is 12.9. The molecule has 0 spiro atoms. The first-order valence-corrected chi connectivity index (χ1v) is 10.8. The zero-order chi connectivity index (χ0) is 22.4. The van der Waals surface area contributed by atoms with Crippen LogP contribution in [0.4, 0.5) is 0 Å². The van der Waals surface area contributed by atoms with Gasteiger partial charge in [-0.3, -0.25) is 4.79 Å². The molecule has 0 bridgehead atoms. The van der Waals surface area contributed by atoms with E-state index in [1.165, 1.54) is 0 Å². The van der Waals surface area contributed by atoms with Crippen molar-refractivity contribution in [2.75, 3.05) is 6.54 Å². The summed E-state index contributed by atoms with van der Waals surface area (Å²) in [5, 5.41) is 4.76. The minimum atomic E-state index is -1.10. The second-order valence-corrected chi connectivity index (χ2v) is 8.70. The predicted octanol–water partition coefficient (Wildman–Crippen LogP) is 6.74. The van der Waals surface area contributed by atoms with Crippen LogP contribution in [-0.2, 0) is 4.79 Å². The molecule has 0 radical (unpaired) electrons. The van der Waals surface area contributed by atoms with Crippen LogP contribution in [-0.4, -0.2) is 18.1 Å². The van der Waals surface area contributed by atoms with E-state index in [1.54, 1.807) is 74.5 Å². The molecule has 1 unspecified atom stereocenters. The number of halogens is 3. The van der Waals surface area contributed by atoms with Crippen molar-refractivity contribution >= 4 is 40.7 Å². The van der Waals surface area contributed by atoms with Gasteiger partial charge in [-0.2, -0.15) is 0 Å². The third-order valence-electron chi connectivity index (χ3n) is 4.52. The quantitative estimate of drug-likeness (QED) is 0.390. The summed E-state index contributed by atoms with van der Waals surface area (Å²) < 4.78 is 12.0. The van der Waals surface area contributed by atoms with Crippen molar-refractivity contribution in [2.45, 2.75) is 25.6 Å². The number of benzene rings is 3. The Morgan fingerprint density at radius 3 is 1.77 bits per heavy atom. The SMILES string of the molecule is CC(C)(Oc1ccc(Cl)cc1)C(=O)NCC(Oc1ccc(Cl)cc1)c1ccc(Cl)cc1. The van der Waals surface area contributed by atoms with Crippen molar-refractivity contribution in [3.63, 3.8) is 0 Å². The first-order chi connectivity index (χ1) is 14.7. The summed E-state index contributed by atoms with van der Waals surface area (Å²) >= 11 is 17.9. The van der Waals surface area contributed by atoms with Gasteiger partial charge in [-0.15, -0.1) is 0 Å². The van der Waals surface area contributed by atoms with E-state index in [4.69, 9.17) is 44.3 Å². The minimum Gasteiger partial charge on any atom is -0.484 e. The zero-order valence-corrected chi connectivity index (χ0v) is 19.3. The molecule has 1 N–H and O–H groups in total. The van der Waals surface area contributed by atoms with Crippen molar-refractivity contribution < 1.29 is 14.3 Å². The molecule has 4 nitrogen and oxygen atoms in total. The molecular weight excluding hydrogens is 457 g/mol. The molecule has 0 aromatic heterocycles. The number of hydrogen-bond acceptors (Lipinski definition) is 3. The van der Waals surface area contributed by atoms with Crippen molar-refractivity contribution in [3.05, 3.63) is 93.4 Å². The Morgan fingerprint density at radius 1 is 0.806 bits per heavy atom. The van der Waals surface area contributed by atoms with E-state index in [0.717, 1.165) is 5.56 Å². The summed E-state index contributed by atoms with van der Waals surface area (Å²) in [5.41, 5.74) is -0.227. The van der Waals surface area contributed by atoms with Crippen molar-refractivity contribution in [1.82, 2.24) is 5.32 Å². The van der Waals surface area contributed by atoms with Crippen LogP contribution in [0, 0.1) is 0 Å². The lowest BCUT2D eigenvalue weighted by Gasteiger charge is -2.27. The van der Waals surface area contributed by atoms with Gasteiger partial charge in [0, 0.05) is 15.1 Å². The Morgan fingerprint density at radius 2 is 1.26 bits per heavy atom. The maximum Gasteiger partial charge on any atom is 0.263 e. The summed E-state index contributed by atoms with van der Waals surface area (Å²) in [6, 6.07) is 21.2. The van der Waals surface area contributed by atoms with E-state index >= 15 is 0 Å². The van der Waals surface area contributed by atoms with Crippen LogP contribution in [0.5, 0.6) is 11.5 Å². The minimum absolute atomic E-state index is 0.233. The lowest BCUT2D eigenvalue weighted by Crippen LogP contribution is -2.48. The van der Waals surface area contributed by atoms with Gasteiger partial charge in [0.2, 0.25) is 0 Å². The molecular formula is C24H22Cl3NO3. The molecule has 0 aliphatic rings. The average molecular weight is 479 g/mol. The van der Waals surface area contributed by atoms with E-state index < -0.39 is 11.7 Å². The largest absolute Gasteiger partial charge is 0.484 e. The molecule has 1 atom stereocenters. The highest BCUT2D eigenvalue weighted by molar-refractivity contribution is 6.31. The van der Waals surface area contributed by atoms with Gasteiger partial charge in [0.1, 0.15) is 17.6 Å². The van der Waals surface area contributed by atoms with Crippen molar-refractivity contribution in [1.29, 1.82) is 0 Å². The standard InChI is InChI=1S/C24H22Cl3NO3/c1-24(2,31-21-13-9-19(27)10-14-21)23(29)28-15-22(16-3-5-17(25)6-4-16)30-20-11-7-18(26)8-12-20/h3-14,22H,15H2,1-2H3,(H,28,29). The molecule has 3 aromatic rings. The summed E-state index contributed by atoms with van der Waals surface area (Å²) in [6.45, 7) is 3.64. The topological polar surface area (TPSA) is 47.6 Å². The first-order valence-electron chi connectivity index (χ1n) is 9.63. The number of hydrogen-bond donors (Lipinski definition) is 1. The Kier molecular flexibility index (Phi) is 7.71. The lowest BCUT2D eigenvalue weighted by molar-refractivity contribution is -0.134. The van der Waals surface area contributed by atoms with E-state index in [0.29, 0.717) is 26.6 Å². The van der Waals surface area contributed by atoms with E-state index in [-0.39, 0.29) is 12.5 Å². The number of rotatable bonds is 8. The molecule has 1 amide bonds. The third kappa shape index (κ3) is 6.79. The van der Waals surface area contributed by atoms with Crippen LogP contribution in [0.15, 0.2) is 72.8 Å². The van der Waals surface area contributed by atoms with Crippen LogP contribution in [0.3, 0.4) is 0 Å². The second kappa shape index (κ2) is 10.3. The monoisotopic (exact) mass is 477 g/mol. The average Bonchev–Trinajstić information content (AvgIpc) is 2.74. The number of carbonyl (C=O) groups excluding carboxylic acids is 1. The van der Waals surface area contributed by atoms with Crippen LogP contribution >= 0.6 is 34.8 Å². The normalized spacial score (nSPS) is 12.2. The van der Waals surface area contributed by atoms with E-state index in [2.05, 4.69) is 5.32 Å². The number of ether oxygens (including phenoxy) is 2. The lowest BCUT2D eigenvalue weighted by atomic mass is 10.1. The van der Waals surface area contributed by atoms with Gasteiger partial charge >= 0.3 is 0 Å². The van der Waals surface area contributed by atoms with Crippen LogP contribution in [0.2, 0.25) is 15.1 Å². The molecule has 0 aliphatic carbocycles. The number of carbonyl (C=O) groups is 1. The van der Waals surface area contributed by atoms with Gasteiger partial charge in [0.25, 0.3) is 5.91 Å². The van der Waals surface area contributed by atoms with Gasteiger partial charge in [0.05, 0.1) is 6.54 Å². The number of amides is 1. The van der Waals surface area contributed by atoms with Crippen molar-refractivity contribution in [3.8, 4) is 11.5 Å². The second-order valence-electron chi connectivity index (χ2n) is 7.39. The van der Waals surface area contributed by atoms with Gasteiger partial charge in [-0.05, 0) is 80.1 Å². The Bertz CT molecular complexity index is 1000. The highest BCUT2D eigenvalue weighted by Crippen LogP contribution is 2.25. The highest BCUT2D eigenvalue weighted by atomic mass is 35.5. The fraction of sp³-hybridized carbons (Fsp3) is 0.208. The molecule has 7 heteroatoms. The summed E-state index contributed by atoms with van der Waals surface area (Å²) in [6.07, 6.45) is -0.436. The van der Waals surface area contributed by atoms with E-state index in [9.17, 15) is 4.79 Å². The Hall–Kier alpha value is -2.40. The molecule has 0 saturated carbocycles. The first kappa shape index (κ1) is 23.3. The van der Waals surface area contributed by atoms with Crippen LogP contribution in [0.25, 0.3) is 0 Å². The summed E-state index contributed by atoms with van der Waals surface area (Å²) in [5.74, 6) is 0.910. The summed E-state index contributed by atoms with van der Waals surface area (Å²) in [7, 11) is 0. The molecule has 0 saturated heterocycles. The van der Waals surface area contributed by atoms with Gasteiger partial charge in [0.15, 0.2) is 5.60 Å². The molecule has 0 fully saturated rings. The van der Waals surface area contributed by atoms with Gasteiger partial charge in [-0.1, -0.05) is 46.9 Å².